The first kappa shape index (κ1) is 9.90. The first-order chi connectivity index (χ1) is 6.27. The first-order valence-corrected chi connectivity index (χ1v) is 4.43. The van der Waals surface area contributed by atoms with Crippen LogP contribution >= 0.6 is 0 Å². The highest BCUT2D eigenvalue weighted by molar-refractivity contribution is 5.42. The molecule has 0 saturated carbocycles. The summed E-state index contributed by atoms with van der Waals surface area (Å²) in [5, 5.41) is 0. The highest BCUT2D eigenvalue weighted by Gasteiger charge is 2.00. The first-order valence-electron chi connectivity index (χ1n) is 4.43. The topological polar surface area (TPSA) is 18.5 Å². The van der Waals surface area contributed by atoms with Crippen LogP contribution in [0.15, 0.2) is 18.2 Å². The molecule has 0 bridgehead atoms. The minimum Gasteiger partial charge on any atom is -0.494 e. The largest absolute Gasteiger partial charge is 0.494 e. The van der Waals surface area contributed by atoms with Gasteiger partial charge in [0.05, 0.1) is 13.2 Å². The van der Waals surface area contributed by atoms with Gasteiger partial charge in [-0.3, -0.25) is 0 Å². The summed E-state index contributed by atoms with van der Waals surface area (Å²) in [7, 11) is 0. The van der Waals surface area contributed by atoms with Crippen molar-refractivity contribution in [3.8, 4) is 11.5 Å². The number of benzene rings is 1. The van der Waals surface area contributed by atoms with Crippen LogP contribution in [0.4, 0.5) is 0 Å². The van der Waals surface area contributed by atoms with E-state index in [1.807, 2.05) is 26.0 Å². The van der Waals surface area contributed by atoms with Gasteiger partial charge in [-0.15, -0.1) is 0 Å². The van der Waals surface area contributed by atoms with E-state index in [0.29, 0.717) is 24.5 Å². The van der Waals surface area contributed by atoms with Crippen molar-refractivity contribution in [1.29, 1.82) is 0 Å². The normalized spacial score (nSPS) is 9.77. The van der Waals surface area contributed by atoms with Crippen molar-refractivity contribution in [2.45, 2.75) is 13.8 Å². The maximum Gasteiger partial charge on any atom is 0.126 e. The summed E-state index contributed by atoms with van der Waals surface area (Å²) in [6.45, 7) is 10.8. The smallest absolute Gasteiger partial charge is 0.126 e. The van der Waals surface area contributed by atoms with Crippen molar-refractivity contribution >= 4 is 0 Å². The predicted molar refractivity (Wildman–Crippen MR) is 52.2 cm³/mol. The molecule has 1 rings (SSSR count). The number of rotatable bonds is 4. The van der Waals surface area contributed by atoms with Crippen molar-refractivity contribution in [2.75, 3.05) is 13.2 Å². The highest BCUT2D eigenvalue weighted by Crippen LogP contribution is 2.23. The van der Waals surface area contributed by atoms with Crippen molar-refractivity contribution in [3.05, 3.63) is 30.7 Å². The molecule has 0 aromatic heterocycles. The van der Waals surface area contributed by atoms with Crippen LogP contribution < -0.4 is 9.47 Å². The summed E-state index contributed by atoms with van der Waals surface area (Å²) in [5.41, 5.74) is 0.644. The molecule has 0 heterocycles. The molecule has 0 aliphatic rings. The average molecular weight is 178 g/mol. The van der Waals surface area contributed by atoms with Crippen LogP contribution in [-0.4, -0.2) is 13.2 Å². The summed E-state index contributed by atoms with van der Waals surface area (Å²) >= 11 is 0. The quantitative estimate of drug-likeness (QED) is 0.705. The second kappa shape index (κ2) is 4.75. The number of hydrogen-bond acceptors (Lipinski definition) is 2. The van der Waals surface area contributed by atoms with Gasteiger partial charge < -0.3 is 9.47 Å². The Morgan fingerprint density at radius 3 is 2.46 bits per heavy atom. The van der Waals surface area contributed by atoms with Crippen LogP contribution in [0, 0.1) is 6.92 Å². The van der Waals surface area contributed by atoms with Gasteiger partial charge in [0.25, 0.3) is 0 Å². The zero-order chi connectivity index (χ0) is 9.68. The molecule has 0 atom stereocenters. The molecule has 0 aliphatic heterocycles. The van der Waals surface area contributed by atoms with Gasteiger partial charge in [0.15, 0.2) is 0 Å². The van der Waals surface area contributed by atoms with Gasteiger partial charge in [0, 0.05) is 13.0 Å². The molecule has 13 heavy (non-hydrogen) atoms. The standard InChI is InChI=1S/C11H14O2/c1-4-12-10-7-6-9(3)11(8-10)13-5-2/h3,6-8H,4-5H2,1-2H3. The van der Waals surface area contributed by atoms with Gasteiger partial charge in [0.1, 0.15) is 11.5 Å². The van der Waals surface area contributed by atoms with Crippen LogP contribution in [0.1, 0.15) is 19.4 Å². The molecule has 2 nitrogen and oxygen atoms in total. The molecule has 0 aliphatic carbocycles. The molecule has 0 unspecified atom stereocenters. The van der Waals surface area contributed by atoms with E-state index in [4.69, 9.17) is 16.4 Å². The van der Waals surface area contributed by atoms with Crippen molar-refractivity contribution in [1.82, 2.24) is 0 Å². The summed E-state index contributed by atoms with van der Waals surface area (Å²) in [6, 6.07) is 5.43. The van der Waals surface area contributed by atoms with E-state index in [1.165, 1.54) is 0 Å². The number of ether oxygens (including phenoxy) is 2. The monoisotopic (exact) mass is 178 g/mol. The Morgan fingerprint density at radius 2 is 1.85 bits per heavy atom. The van der Waals surface area contributed by atoms with Gasteiger partial charge in [-0.05, 0) is 25.5 Å². The Labute approximate surface area is 79.5 Å². The van der Waals surface area contributed by atoms with Crippen molar-refractivity contribution in [3.63, 3.8) is 0 Å². The molecule has 1 aromatic carbocycles. The molecule has 0 saturated heterocycles. The molecule has 0 spiro atoms. The second-order valence-electron chi connectivity index (χ2n) is 2.57. The van der Waals surface area contributed by atoms with Crippen LogP contribution in [-0.2, 0) is 0 Å². The van der Waals surface area contributed by atoms with E-state index in [1.54, 1.807) is 6.07 Å². The summed E-state index contributed by atoms with van der Waals surface area (Å²) < 4.78 is 10.6. The van der Waals surface area contributed by atoms with Gasteiger partial charge >= 0.3 is 0 Å². The average Bonchev–Trinajstić information content (AvgIpc) is 2.12. The second-order valence-corrected chi connectivity index (χ2v) is 2.57. The molecule has 0 N–H and O–H groups in total. The van der Waals surface area contributed by atoms with E-state index in [0.717, 1.165) is 5.75 Å². The Hall–Kier alpha value is -1.18. The van der Waals surface area contributed by atoms with Crippen LogP contribution in [0.2, 0.25) is 0 Å². The van der Waals surface area contributed by atoms with Gasteiger partial charge in [-0.2, -0.15) is 0 Å². The summed E-state index contributed by atoms with van der Waals surface area (Å²) in [5.74, 6) is 1.48. The molecule has 0 amide bonds. The van der Waals surface area contributed by atoms with Gasteiger partial charge in [-0.1, -0.05) is 6.07 Å². The van der Waals surface area contributed by atoms with Crippen LogP contribution in [0.3, 0.4) is 0 Å². The van der Waals surface area contributed by atoms with Crippen LogP contribution in [0.5, 0.6) is 11.5 Å². The molecule has 0 fully saturated rings. The summed E-state index contributed by atoms with van der Waals surface area (Å²) in [6.07, 6.45) is 0. The molecule has 2 radical (unpaired) electrons. The molecular weight excluding hydrogens is 164 g/mol. The van der Waals surface area contributed by atoms with E-state index in [9.17, 15) is 0 Å². The molecule has 1 aromatic rings. The van der Waals surface area contributed by atoms with Crippen LogP contribution in [0.25, 0.3) is 0 Å². The third-order valence-electron chi connectivity index (χ3n) is 1.60. The molecular formula is C11H14O2. The fourth-order valence-electron chi connectivity index (χ4n) is 1.05. The minimum absolute atomic E-state index is 0.611. The van der Waals surface area contributed by atoms with Crippen molar-refractivity contribution in [2.24, 2.45) is 0 Å². The predicted octanol–water partition coefficient (Wildman–Crippen LogP) is 2.54. The highest BCUT2D eigenvalue weighted by atomic mass is 16.5. The lowest BCUT2D eigenvalue weighted by Crippen LogP contribution is -1.96. The van der Waals surface area contributed by atoms with Gasteiger partial charge in [0.2, 0.25) is 0 Å². The van der Waals surface area contributed by atoms with E-state index >= 15 is 0 Å². The van der Waals surface area contributed by atoms with E-state index in [2.05, 4.69) is 0 Å². The lowest BCUT2D eigenvalue weighted by atomic mass is 10.2. The van der Waals surface area contributed by atoms with E-state index < -0.39 is 0 Å². The molecule has 2 heteroatoms. The Balaban J connectivity index is 2.83. The maximum absolute atomic E-state index is 5.69. The maximum atomic E-state index is 5.69. The SMILES string of the molecule is [CH]c1ccc(OCC)cc1OCC. The van der Waals surface area contributed by atoms with E-state index in [-0.39, 0.29) is 0 Å². The number of hydrogen-bond donors (Lipinski definition) is 0. The fourth-order valence-corrected chi connectivity index (χ4v) is 1.05. The zero-order valence-electron chi connectivity index (χ0n) is 8.04. The summed E-state index contributed by atoms with van der Waals surface area (Å²) in [4.78, 5) is 0. The lowest BCUT2D eigenvalue weighted by Gasteiger charge is -2.09. The molecule has 70 valence electrons. The van der Waals surface area contributed by atoms with Gasteiger partial charge in [-0.25, -0.2) is 0 Å². The third-order valence-corrected chi connectivity index (χ3v) is 1.60. The zero-order valence-corrected chi connectivity index (χ0v) is 8.04. The minimum atomic E-state index is 0.611. The Bertz CT molecular complexity index is 269. The van der Waals surface area contributed by atoms with Crippen molar-refractivity contribution < 1.29 is 9.47 Å². The lowest BCUT2D eigenvalue weighted by molar-refractivity contribution is 0.322. The fraction of sp³-hybridized carbons (Fsp3) is 0.364. The third kappa shape index (κ3) is 2.65. The Morgan fingerprint density at radius 1 is 1.15 bits per heavy atom. The Kier molecular flexibility index (Phi) is 3.62.